The van der Waals surface area contributed by atoms with Crippen molar-refractivity contribution in [3.05, 3.63) is 59.1 Å². The zero-order chi connectivity index (χ0) is 20.5. The van der Waals surface area contributed by atoms with Crippen LogP contribution in [-0.4, -0.2) is 10.3 Å². The summed E-state index contributed by atoms with van der Waals surface area (Å²) in [5.74, 6) is 1.49. The molecule has 0 aromatic heterocycles. The molecule has 0 heterocycles. The van der Waals surface area contributed by atoms with Crippen molar-refractivity contribution in [2.24, 2.45) is 0 Å². The van der Waals surface area contributed by atoms with Crippen molar-refractivity contribution in [2.45, 2.75) is 64.8 Å². The van der Waals surface area contributed by atoms with Crippen molar-refractivity contribution in [2.75, 3.05) is 0 Å². The van der Waals surface area contributed by atoms with Crippen molar-refractivity contribution in [3.8, 4) is 11.5 Å². The Bertz CT molecular complexity index is 784. The van der Waals surface area contributed by atoms with E-state index in [1.54, 1.807) is 12.1 Å². The van der Waals surface area contributed by atoms with Crippen molar-refractivity contribution in [3.63, 3.8) is 0 Å². The highest BCUT2D eigenvalue weighted by Crippen LogP contribution is 2.64. The summed E-state index contributed by atoms with van der Waals surface area (Å²) >= 11 is 5.90. The second-order valence-electron chi connectivity index (χ2n) is 8.93. The Balaban J connectivity index is 2.16. The highest BCUT2D eigenvalue weighted by atomic mass is 35.5. The van der Waals surface area contributed by atoms with Crippen LogP contribution in [0.4, 0.5) is 0 Å². The second kappa shape index (κ2) is 7.99. The zero-order valence-electron chi connectivity index (χ0n) is 17.3. The van der Waals surface area contributed by atoms with Crippen LogP contribution in [0.3, 0.4) is 0 Å². The van der Waals surface area contributed by atoms with Gasteiger partial charge in [-0.2, -0.15) is 0 Å². The summed E-state index contributed by atoms with van der Waals surface area (Å²) in [6.07, 6.45) is 0. The average Bonchev–Trinajstić information content (AvgIpc) is 2.55. The summed E-state index contributed by atoms with van der Waals surface area (Å²) < 4.78 is 19.7. The second-order valence-corrected chi connectivity index (χ2v) is 13.5. The maximum absolute atomic E-state index is 13.8. The minimum absolute atomic E-state index is 0.0288. The van der Waals surface area contributed by atoms with Gasteiger partial charge in [-0.15, -0.1) is 0 Å². The molecule has 148 valence electrons. The molecular formula is C22H31ClNO2P. The Labute approximate surface area is 168 Å². The Morgan fingerprint density at radius 1 is 0.852 bits per heavy atom. The van der Waals surface area contributed by atoms with E-state index in [2.05, 4.69) is 12.0 Å². The van der Waals surface area contributed by atoms with Crippen molar-refractivity contribution < 1.29 is 9.30 Å². The number of ether oxygens (including phenoxy) is 1. The molecule has 0 bridgehead atoms. The Morgan fingerprint density at radius 2 is 1.26 bits per heavy atom. The van der Waals surface area contributed by atoms with Crippen LogP contribution in [0.2, 0.25) is 5.02 Å². The Kier molecular flexibility index (Phi) is 6.52. The largest absolute Gasteiger partial charge is 0.457 e. The van der Waals surface area contributed by atoms with E-state index in [1.807, 2.05) is 77.9 Å². The maximum atomic E-state index is 13.8. The van der Waals surface area contributed by atoms with Crippen LogP contribution in [0.1, 0.15) is 60.1 Å². The molecule has 27 heavy (non-hydrogen) atoms. The fourth-order valence-electron chi connectivity index (χ4n) is 3.20. The van der Waals surface area contributed by atoms with Crippen LogP contribution in [0.15, 0.2) is 48.5 Å². The fourth-order valence-corrected chi connectivity index (χ4v) is 6.81. The molecule has 5 heteroatoms. The van der Waals surface area contributed by atoms with Gasteiger partial charge in [0, 0.05) is 21.4 Å². The van der Waals surface area contributed by atoms with Gasteiger partial charge in [0.25, 0.3) is 0 Å². The molecule has 1 atom stereocenters. The number of hydrogen-bond acceptors (Lipinski definition) is 2. The molecule has 1 N–H and O–H groups in total. The normalized spacial score (nSPS) is 14.1. The number of halogens is 1. The first-order chi connectivity index (χ1) is 12.3. The monoisotopic (exact) mass is 407 g/mol. The van der Waals surface area contributed by atoms with Gasteiger partial charge in [-0.1, -0.05) is 65.3 Å². The first-order valence-electron chi connectivity index (χ1n) is 9.25. The van der Waals surface area contributed by atoms with Gasteiger partial charge in [-0.05, 0) is 48.9 Å². The predicted octanol–water partition coefficient (Wildman–Crippen LogP) is 7.66. The van der Waals surface area contributed by atoms with Crippen molar-refractivity contribution in [1.29, 1.82) is 0 Å². The smallest absolute Gasteiger partial charge is 0.158 e. The zero-order valence-corrected chi connectivity index (χ0v) is 19.0. The lowest BCUT2D eigenvalue weighted by Gasteiger charge is -2.43. The maximum Gasteiger partial charge on any atom is 0.158 e. The summed E-state index contributed by atoms with van der Waals surface area (Å²) in [4.78, 5) is 0. The molecule has 0 saturated heterocycles. The summed E-state index contributed by atoms with van der Waals surface area (Å²) in [6.45, 7) is 14.3. The minimum Gasteiger partial charge on any atom is -0.457 e. The van der Waals surface area contributed by atoms with Gasteiger partial charge < -0.3 is 9.30 Å². The van der Waals surface area contributed by atoms with Crippen LogP contribution in [-0.2, 0) is 4.57 Å². The third-order valence-electron chi connectivity index (χ3n) is 4.69. The van der Waals surface area contributed by atoms with Gasteiger partial charge >= 0.3 is 0 Å². The first-order valence-corrected chi connectivity index (χ1v) is 11.3. The third-order valence-corrected chi connectivity index (χ3v) is 9.48. The molecule has 0 radical (unpaired) electrons. The van der Waals surface area contributed by atoms with E-state index in [0.717, 1.165) is 17.1 Å². The van der Waals surface area contributed by atoms with Crippen LogP contribution in [0.5, 0.6) is 11.5 Å². The van der Waals surface area contributed by atoms with Crippen molar-refractivity contribution >= 4 is 18.9 Å². The lowest BCUT2D eigenvalue weighted by Crippen LogP contribution is -2.37. The van der Waals surface area contributed by atoms with Crippen LogP contribution >= 0.6 is 18.9 Å². The molecule has 0 aliphatic rings. The molecule has 0 spiro atoms. The van der Waals surface area contributed by atoms with E-state index in [4.69, 9.17) is 16.3 Å². The van der Waals surface area contributed by atoms with E-state index >= 15 is 0 Å². The minimum atomic E-state index is -2.67. The number of nitrogens with one attached hydrogen (secondary N) is 1. The summed E-state index contributed by atoms with van der Waals surface area (Å²) in [7, 11) is -2.67. The molecule has 2 aromatic carbocycles. The molecule has 0 saturated carbocycles. The molecule has 0 aliphatic carbocycles. The van der Waals surface area contributed by atoms with Crippen molar-refractivity contribution in [1.82, 2.24) is 5.09 Å². The number of benzene rings is 2. The lowest BCUT2D eigenvalue weighted by molar-refractivity contribution is 0.481. The molecule has 1 unspecified atom stereocenters. The lowest BCUT2D eigenvalue weighted by atomic mass is 10.1. The van der Waals surface area contributed by atoms with Crippen LogP contribution in [0, 0.1) is 0 Å². The van der Waals surface area contributed by atoms with E-state index in [9.17, 15) is 4.57 Å². The molecule has 2 aromatic rings. The van der Waals surface area contributed by atoms with E-state index in [-0.39, 0.29) is 16.4 Å². The van der Waals surface area contributed by atoms with Gasteiger partial charge in [0.1, 0.15) is 11.5 Å². The molecule has 2 rings (SSSR count). The topological polar surface area (TPSA) is 38.3 Å². The summed E-state index contributed by atoms with van der Waals surface area (Å²) in [5, 5.41) is 3.50. The van der Waals surface area contributed by atoms with Gasteiger partial charge in [0.15, 0.2) is 7.29 Å². The van der Waals surface area contributed by atoms with Crippen LogP contribution in [0.25, 0.3) is 0 Å². The third kappa shape index (κ3) is 5.16. The Hall–Kier alpha value is -1.28. The van der Waals surface area contributed by atoms with Gasteiger partial charge in [0.2, 0.25) is 0 Å². The number of hydrogen-bond donors (Lipinski definition) is 1. The fraction of sp³-hybridized carbons (Fsp3) is 0.455. The molecule has 0 amide bonds. The van der Waals surface area contributed by atoms with E-state index in [0.29, 0.717) is 5.02 Å². The predicted molar refractivity (Wildman–Crippen MR) is 117 cm³/mol. The molecule has 0 aliphatic heterocycles. The molecule has 3 nitrogen and oxygen atoms in total. The summed E-state index contributed by atoms with van der Waals surface area (Å²) in [5.41, 5.74) is 1.08. The van der Waals surface area contributed by atoms with Gasteiger partial charge in [0.05, 0.1) is 0 Å². The standard InChI is InChI=1S/C22H31ClNO2P/c1-16(24-27(25,21(2,3)4)22(5,6)7)17-8-12-19(13-9-17)26-20-14-10-18(23)11-15-20/h8-16H,1-7H3,(H,24,25). The molecular weight excluding hydrogens is 377 g/mol. The summed E-state index contributed by atoms with van der Waals surface area (Å²) in [6, 6.07) is 15.1. The quantitative estimate of drug-likeness (QED) is 0.517. The van der Waals surface area contributed by atoms with Gasteiger partial charge in [-0.25, -0.2) is 0 Å². The van der Waals surface area contributed by atoms with Gasteiger partial charge in [-0.3, -0.25) is 5.09 Å². The molecule has 0 fully saturated rings. The average molecular weight is 408 g/mol. The first kappa shape index (κ1) is 22.0. The number of rotatable bonds is 5. The van der Waals surface area contributed by atoms with Crippen LogP contribution < -0.4 is 9.82 Å². The SMILES string of the molecule is CC(NP(=O)(C(C)(C)C)C(C)(C)C)c1ccc(Oc2ccc(Cl)cc2)cc1. The van der Waals surface area contributed by atoms with E-state index in [1.165, 1.54) is 0 Å². The Morgan fingerprint density at radius 3 is 1.67 bits per heavy atom. The highest BCUT2D eigenvalue weighted by molar-refractivity contribution is 7.65. The highest BCUT2D eigenvalue weighted by Gasteiger charge is 2.46. The van der Waals surface area contributed by atoms with E-state index < -0.39 is 7.29 Å².